The Bertz CT molecular complexity index is 1370. The number of ketones is 1. The van der Waals surface area contributed by atoms with Crippen molar-refractivity contribution in [2.24, 2.45) is 0 Å². The fourth-order valence-corrected chi connectivity index (χ4v) is 4.32. The third-order valence-corrected chi connectivity index (χ3v) is 6.69. The van der Waals surface area contributed by atoms with Crippen LogP contribution >= 0.6 is 11.3 Å². The first-order chi connectivity index (χ1) is 16.9. The van der Waals surface area contributed by atoms with Crippen LogP contribution in [0.1, 0.15) is 29.8 Å². The Morgan fingerprint density at radius 1 is 1.11 bits per heavy atom. The zero-order chi connectivity index (χ0) is 26.5. The number of thiophene rings is 1. The topological polar surface area (TPSA) is 119 Å². The van der Waals surface area contributed by atoms with Gasteiger partial charge in [-0.25, -0.2) is 13.2 Å². The number of carboxylic acids is 1. The molecule has 10 heteroatoms. The second-order valence-electron chi connectivity index (χ2n) is 8.51. The molecule has 0 saturated heterocycles. The maximum atomic E-state index is 12.8. The fourth-order valence-electron chi connectivity index (χ4n) is 3.14. The first-order valence-corrected chi connectivity index (χ1v) is 13.8. The minimum atomic E-state index is -3.17. The Morgan fingerprint density at radius 2 is 1.81 bits per heavy atom. The molecule has 2 aromatic carbocycles. The van der Waals surface area contributed by atoms with Crippen molar-refractivity contribution in [3.63, 3.8) is 0 Å². The van der Waals surface area contributed by atoms with E-state index in [0.29, 0.717) is 33.9 Å². The summed E-state index contributed by atoms with van der Waals surface area (Å²) < 4.78 is 34.0. The Balaban J connectivity index is 1.90. The molecule has 1 heterocycles. The molecule has 36 heavy (non-hydrogen) atoms. The first-order valence-electron chi connectivity index (χ1n) is 10.8. The molecule has 1 aromatic heterocycles. The maximum absolute atomic E-state index is 12.8. The van der Waals surface area contributed by atoms with Crippen LogP contribution < -0.4 is 14.8 Å². The molecule has 190 valence electrons. The SMILES string of the molecule is COc1cc(OC(C)(C)C(=O)O)c(-c2cccs2)cc1/C=C/C(=O)c1ccc(NCS(C)(=O)=O)cc1. The van der Waals surface area contributed by atoms with E-state index in [4.69, 9.17) is 9.47 Å². The van der Waals surface area contributed by atoms with Gasteiger partial charge in [-0.1, -0.05) is 6.07 Å². The summed E-state index contributed by atoms with van der Waals surface area (Å²) in [5.74, 6) is -0.795. The van der Waals surface area contributed by atoms with Gasteiger partial charge in [-0.15, -0.1) is 11.3 Å². The lowest BCUT2D eigenvalue weighted by Gasteiger charge is -2.24. The van der Waals surface area contributed by atoms with Gasteiger partial charge in [-0.2, -0.15) is 0 Å². The smallest absolute Gasteiger partial charge is 0.347 e. The number of carboxylic acid groups (broad SMARTS) is 1. The number of ether oxygens (including phenoxy) is 2. The van der Waals surface area contributed by atoms with Gasteiger partial charge in [0.25, 0.3) is 0 Å². The number of benzene rings is 2. The number of methoxy groups -OCH3 is 1. The van der Waals surface area contributed by atoms with E-state index in [9.17, 15) is 23.1 Å². The predicted molar refractivity (Wildman–Crippen MR) is 142 cm³/mol. The number of hydrogen-bond donors (Lipinski definition) is 2. The zero-order valence-electron chi connectivity index (χ0n) is 20.3. The van der Waals surface area contributed by atoms with Crippen molar-refractivity contribution in [2.75, 3.05) is 24.6 Å². The molecule has 0 fully saturated rings. The van der Waals surface area contributed by atoms with Gasteiger partial charge in [0.2, 0.25) is 0 Å². The lowest BCUT2D eigenvalue weighted by atomic mass is 10.0. The van der Waals surface area contributed by atoms with Crippen LogP contribution in [-0.2, 0) is 14.6 Å². The molecule has 0 atom stereocenters. The molecule has 0 saturated carbocycles. The van der Waals surface area contributed by atoms with Gasteiger partial charge in [-0.05, 0) is 67.8 Å². The zero-order valence-corrected chi connectivity index (χ0v) is 21.9. The summed E-state index contributed by atoms with van der Waals surface area (Å²) in [4.78, 5) is 25.3. The highest BCUT2D eigenvalue weighted by molar-refractivity contribution is 7.90. The van der Waals surface area contributed by atoms with E-state index in [1.54, 1.807) is 42.5 Å². The number of rotatable bonds is 11. The van der Waals surface area contributed by atoms with E-state index in [2.05, 4.69) is 5.32 Å². The summed E-state index contributed by atoms with van der Waals surface area (Å²) in [6.07, 6.45) is 4.17. The number of aliphatic carboxylic acids is 1. The molecule has 0 bridgehead atoms. The number of carbonyl (C=O) groups excluding carboxylic acids is 1. The Hall–Kier alpha value is -3.63. The molecule has 0 spiro atoms. The number of anilines is 1. The summed E-state index contributed by atoms with van der Waals surface area (Å²) in [7, 11) is -1.69. The average Bonchev–Trinajstić information content (AvgIpc) is 3.35. The monoisotopic (exact) mass is 529 g/mol. The molecule has 0 aliphatic carbocycles. The number of hydrogen-bond acceptors (Lipinski definition) is 8. The van der Waals surface area contributed by atoms with Crippen molar-refractivity contribution in [3.05, 3.63) is 71.1 Å². The molecule has 2 N–H and O–H groups in total. The Labute approximate surface area is 214 Å². The normalized spacial score (nSPS) is 11.9. The molecule has 0 amide bonds. The summed E-state index contributed by atoms with van der Waals surface area (Å²) in [6, 6.07) is 13.7. The van der Waals surface area contributed by atoms with Gasteiger partial charge in [0.15, 0.2) is 21.2 Å². The molecule has 0 unspecified atom stereocenters. The van der Waals surface area contributed by atoms with Crippen LogP contribution in [0.4, 0.5) is 5.69 Å². The van der Waals surface area contributed by atoms with Crippen molar-refractivity contribution in [2.45, 2.75) is 19.4 Å². The summed E-state index contributed by atoms with van der Waals surface area (Å²) >= 11 is 1.47. The lowest BCUT2D eigenvalue weighted by Crippen LogP contribution is -2.38. The van der Waals surface area contributed by atoms with Crippen molar-refractivity contribution in [3.8, 4) is 21.9 Å². The van der Waals surface area contributed by atoms with Crippen LogP contribution in [0.2, 0.25) is 0 Å². The van der Waals surface area contributed by atoms with Crippen molar-refractivity contribution in [1.29, 1.82) is 0 Å². The average molecular weight is 530 g/mol. The Morgan fingerprint density at radius 3 is 2.36 bits per heavy atom. The van der Waals surface area contributed by atoms with Crippen LogP contribution in [-0.4, -0.2) is 50.1 Å². The molecule has 3 rings (SSSR count). The molecule has 0 aliphatic rings. The van der Waals surface area contributed by atoms with Crippen LogP contribution in [0, 0.1) is 0 Å². The van der Waals surface area contributed by atoms with E-state index >= 15 is 0 Å². The van der Waals surface area contributed by atoms with E-state index in [1.807, 2.05) is 17.5 Å². The largest absolute Gasteiger partial charge is 0.496 e. The van der Waals surface area contributed by atoms with E-state index in [1.165, 1.54) is 38.4 Å². The lowest BCUT2D eigenvalue weighted by molar-refractivity contribution is -0.152. The van der Waals surface area contributed by atoms with E-state index in [-0.39, 0.29) is 11.7 Å². The third-order valence-electron chi connectivity index (χ3n) is 5.12. The highest BCUT2D eigenvalue weighted by atomic mass is 32.2. The van der Waals surface area contributed by atoms with Crippen LogP contribution in [0.3, 0.4) is 0 Å². The predicted octanol–water partition coefficient (Wildman–Crippen LogP) is 4.98. The van der Waals surface area contributed by atoms with Gasteiger partial charge >= 0.3 is 5.97 Å². The van der Waals surface area contributed by atoms with Crippen molar-refractivity contribution >= 4 is 44.7 Å². The van der Waals surface area contributed by atoms with Gasteiger partial charge in [0, 0.05) is 39.6 Å². The second-order valence-corrected chi connectivity index (χ2v) is 11.6. The number of sulfone groups is 1. The van der Waals surface area contributed by atoms with Crippen LogP contribution in [0.5, 0.6) is 11.5 Å². The number of carbonyl (C=O) groups is 2. The van der Waals surface area contributed by atoms with E-state index < -0.39 is 21.4 Å². The third kappa shape index (κ3) is 6.96. The fraction of sp³-hybridized carbons (Fsp3) is 0.231. The minimum Gasteiger partial charge on any atom is -0.496 e. The summed E-state index contributed by atoms with van der Waals surface area (Å²) in [5, 5.41) is 14.2. The highest BCUT2D eigenvalue weighted by Crippen LogP contribution is 2.40. The summed E-state index contributed by atoms with van der Waals surface area (Å²) in [6.45, 7) is 2.93. The van der Waals surface area contributed by atoms with Gasteiger partial charge in [-0.3, -0.25) is 4.79 Å². The molecular formula is C26H27NO7S2. The molecule has 8 nitrogen and oxygen atoms in total. The molecule has 0 aliphatic heterocycles. The van der Waals surface area contributed by atoms with Crippen LogP contribution in [0.25, 0.3) is 16.5 Å². The number of nitrogens with one attached hydrogen (secondary N) is 1. The van der Waals surface area contributed by atoms with Crippen LogP contribution in [0.15, 0.2) is 60.0 Å². The van der Waals surface area contributed by atoms with Gasteiger partial charge in [0.05, 0.1) is 7.11 Å². The molecule has 0 radical (unpaired) electrons. The standard InChI is InChI=1S/C26H27NO7S2/c1-26(2,25(29)30)34-23-15-22(33-3)18(14-20(23)24-6-5-13-35-24)9-12-21(28)17-7-10-19(11-8-17)27-16-36(4,31)32/h5-15,27H,16H2,1-4H3,(H,29,30)/b12-9+. The highest BCUT2D eigenvalue weighted by Gasteiger charge is 2.31. The Kier molecular flexibility index (Phi) is 8.21. The minimum absolute atomic E-state index is 0.198. The van der Waals surface area contributed by atoms with Crippen molar-refractivity contribution in [1.82, 2.24) is 0 Å². The van der Waals surface area contributed by atoms with Crippen molar-refractivity contribution < 1.29 is 32.6 Å². The molecular weight excluding hydrogens is 502 g/mol. The quantitative estimate of drug-likeness (QED) is 0.264. The molecule has 3 aromatic rings. The second kappa shape index (κ2) is 11.0. The summed E-state index contributed by atoms with van der Waals surface area (Å²) in [5.41, 5.74) is 0.835. The maximum Gasteiger partial charge on any atom is 0.347 e. The van der Waals surface area contributed by atoms with E-state index in [0.717, 1.165) is 11.1 Å². The van der Waals surface area contributed by atoms with Gasteiger partial charge in [0.1, 0.15) is 17.4 Å². The van der Waals surface area contributed by atoms with Gasteiger partial charge < -0.3 is 19.9 Å². The first kappa shape index (κ1) is 27.0. The number of allylic oxidation sites excluding steroid dienone is 1.